The number of aromatic nitrogens is 1. The van der Waals surface area contributed by atoms with E-state index < -0.39 is 18.1 Å². The Bertz CT molecular complexity index is 882. The highest BCUT2D eigenvalue weighted by molar-refractivity contribution is 5.95. The molecule has 0 spiro atoms. The van der Waals surface area contributed by atoms with Gasteiger partial charge in [0.05, 0.1) is 5.56 Å². The van der Waals surface area contributed by atoms with Crippen molar-refractivity contribution in [1.29, 1.82) is 0 Å². The van der Waals surface area contributed by atoms with Gasteiger partial charge in [-0.05, 0) is 23.8 Å². The Morgan fingerprint density at radius 2 is 1.93 bits per heavy atom. The molecular weight excluding hydrogens is 368 g/mol. The molecule has 1 aromatic carbocycles. The van der Waals surface area contributed by atoms with Gasteiger partial charge in [-0.1, -0.05) is 13.0 Å². The summed E-state index contributed by atoms with van der Waals surface area (Å²) in [5.41, 5.74) is 0.882. The van der Waals surface area contributed by atoms with Crippen LogP contribution in [-0.2, 0) is 22.7 Å². The average molecular weight is 389 g/mol. The zero-order chi connectivity index (χ0) is 20.7. The van der Waals surface area contributed by atoms with E-state index in [0.29, 0.717) is 17.5 Å². The summed E-state index contributed by atoms with van der Waals surface area (Å²) in [4.78, 5) is 35.1. The molecule has 0 bridgehead atoms. The van der Waals surface area contributed by atoms with E-state index in [1.54, 1.807) is 25.3 Å². The number of ether oxygens (including phenoxy) is 1. The number of phenols is 2. The molecule has 0 saturated carbocycles. The van der Waals surface area contributed by atoms with E-state index in [0.717, 1.165) is 0 Å². The van der Waals surface area contributed by atoms with Crippen molar-refractivity contribution in [3.05, 3.63) is 53.9 Å². The molecule has 1 unspecified atom stereocenters. The van der Waals surface area contributed by atoms with E-state index in [1.807, 2.05) is 0 Å². The van der Waals surface area contributed by atoms with Gasteiger partial charge in [-0.3, -0.25) is 4.79 Å². The van der Waals surface area contributed by atoms with Gasteiger partial charge in [-0.2, -0.15) is 4.57 Å². The van der Waals surface area contributed by atoms with Gasteiger partial charge in [0.15, 0.2) is 29.7 Å². The molecule has 148 valence electrons. The Morgan fingerprint density at radius 3 is 2.57 bits per heavy atom. The topological polar surface area (TPSA) is 137 Å². The maximum absolute atomic E-state index is 12.0. The number of aliphatic carboxylic acids is 1. The number of hydrogen-bond donors (Lipinski definition) is 4. The van der Waals surface area contributed by atoms with Crippen LogP contribution < -0.4 is 9.88 Å². The molecule has 9 heteroatoms. The van der Waals surface area contributed by atoms with Gasteiger partial charge >= 0.3 is 12.1 Å². The summed E-state index contributed by atoms with van der Waals surface area (Å²) in [7, 11) is 0. The number of amides is 1. The van der Waals surface area contributed by atoms with E-state index in [-0.39, 0.29) is 30.4 Å². The maximum atomic E-state index is 12.0. The normalized spacial score (nSPS) is 11.5. The van der Waals surface area contributed by atoms with Gasteiger partial charge in [0, 0.05) is 18.9 Å². The molecule has 0 aliphatic carbocycles. The highest BCUT2D eigenvalue weighted by Gasteiger charge is 2.22. The van der Waals surface area contributed by atoms with Crippen molar-refractivity contribution >= 4 is 17.8 Å². The zero-order valence-corrected chi connectivity index (χ0v) is 15.2. The van der Waals surface area contributed by atoms with Crippen molar-refractivity contribution in [3.63, 3.8) is 0 Å². The van der Waals surface area contributed by atoms with Crippen LogP contribution in [0.1, 0.15) is 29.3 Å². The first kappa shape index (κ1) is 20.7. The van der Waals surface area contributed by atoms with E-state index >= 15 is 0 Å². The predicted octanol–water partition coefficient (Wildman–Crippen LogP) is 1.36. The van der Waals surface area contributed by atoms with E-state index in [2.05, 4.69) is 5.32 Å². The molecule has 4 N–H and O–H groups in total. The number of carbonyl (C=O) groups is 3. The Morgan fingerprint density at radius 1 is 1.18 bits per heavy atom. The lowest BCUT2D eigenvalue weighted by molar-refractivity contribution is -0.727. The summed E-state index contributed by atoms with van der Waals surface area (Å²) >= 11 is 0. The van der Waals surface area contributed by atoms with Crippen molar-refractivity contribution < 1.29 is 39.0 Å². The number of ketones is 1. The number of carbonyl (C=O) groups excluding carboxylic acids is 2. The highest BCUT2D eigenvalue weighted by atomic mass is 16.6. The first-order valence-electron chi connectivity index (χ1n) is 8.49. The average Bonchev–Trinajstić information content (AvgIpc) is 2.68. The Labute approximate surface area is 160 Å². The Kier molecular flexibility index (Phi) is 6.91. The number of Topliss-reactive ketones (excluding diaryl/α,β-unsaturated/α-hetero) is 1. The number of benzene rings is 1. The molecule has 1 amide bonds. The number of carboxylic acids is 1. The molecule has 0 aliphatic rings. The van der Waals surface area contributed by atoms with Crippen molar-refractivity contribution in [2.24, 2.45) is 0 Å². The molecule has 1 heterocycles. The SMILES string of the molecule is CCC(=O)c1ccc[n+](COC(=O)NC(Cc2ccc(O)c(O)c2)C(=O)O)c1. The molecule has 2 rings (SSSR count). The smallest absolute Gasteiger partial charge is 0.412 e. The second-order valence-electron chi connectivity index (χ2n) is 6.01. The number of hydrogen-bond acceptors (Lipinski definition) is 6. The summed E-state index contributed by atoms with van der Waals surface area (Å²) in [5, 5.41) is 30.3. The third-order valence-electron chi connectivity index (χ3n) is 3.92. The van der Waals surface area contributed by atoms with Crippen molar-refractivity contribution in [3.8, 4) is 11.5 Å². The van der Waals surface area contributed by atoms with Gasteiger partial charge in [-0.15, -0.1) is 0 Å². The van der Waals surface area contributed by atoms with Crippen LogP contribution in [0.15, 0.2) is 42.7 Å². The number of phenolic OH excluding ortho intramolecular Hbond substituents is 2. The largest absolute Gasteiger partial charge is 0.504 e. The molecule has 9 nitrogen and oxygen atoms in total. The van der Waals surface area contributed by atoms with Crippen LogP contribution in [0, 0.1) is 0 Å². The predicted molar refractivity (Wildman–Crippen MR) is 95.8 cm³/mol. The van der Waals surface area contributed by atoms with Crippen molar-refractivity contribution in [2.75, 3.05) is 0 Å². The monoisotopic (exact) mass is 389 g/mol. The van der Waals surface area contributed by atoms with Crippen LogP contribution in [-0.4, -0.2) is 39.2 Å². The second kappa shape index (κ2) is 9.36. The highest BCUT2D eigenvalue weighted by Crippen LogP contribution is 2.25. The van der Waals surface area contributed by atoms with Gasteiger partial charge in [0.25, 0.3) is 6.73 Å². The lowest BCUT2D eigenvalue weighted by Gasteiger charge is -2.14. The fourth-order valence-electron chi connectivity index (χ4n) is 2.42. The third-order valence-corrected chi connectivity index (χ3v) is 3.92. The number of aromatic hydroxyl groups is 2. The molecule has 0 radical (unpaired) electrons. The van der Waals surface area contributed by atoms with Gasteiger partial charge in [-0.25, -0.2) is 9.59 Å². The molecule has 1 aromatic heterocycles. The molecular formula is C19H21N2O7+. The van der Waals surface area contributed by atoms with Gasteiger partial charge in [0.2, 0.25) is 0 Å². The van der Waals surface area contributed by atoms with Crippen molar-refractivity contribution in [1.82, 2.24) is 5.32 Å². The summed E-state index contributed by atoms with van der Waals surface area (Å²) in [6, 6.07) is 5.86. The molecule has 0 fully saturated rings. The van der Waals surface area contributed by atoms with Crippen molar-refractivity contribution in [2.45, 2.75) is 32.5 Å². The number of nitrogens with one attached hydrogen (secondary N) is 1. The van der Waals surface area contributed by atoms with Crippen LogP contribution in [0.4, 0.5) is 4.79 Å². The quantitative estimate of drug-likeness (QED) is 0.304. The summed E-state index contributed by atoms with van der Waals surface area (Å²) in [5.74, 6) is -2.06. The second-order valence-corrected chi connectivity index (χ2v) is 6.01. The molecule has 0 saturated heterocycles. The lowest BCUT2D eigenvalue weighted by atomic mass is 10.1. The minimum absolute atomic E-state index is 0.0538. The van der Waals surface area contributed by atoms with E-state index in [4.69, 9.17) is 4.74 Å². The summed E-state index contributed by atoms with van der Waals surface area (Å²) in [6.07, 6.45) is 2.42. The summed E-state index contributed by atoms with van der Waals surface area (Å²) in [6.45, 7) is 1.53. The number of rotatable bonds is 8. The van der Waals surface area contributed by atoms with E-state index in [9.17, 15) is 29.7 Å². The zero-order valence-electron chi connectivity index (χ0n) is 15.2. The fraction of sp³-hybridized carbons (Fsp3) is 0.263. The molecule has 0 aliphatic heterocycles. The van der Waals surface area contributed by atoms with Crippen LogP contribution in [0.2, 0.25) is 0 Å². The number of nitrogens with zero attached hydrogens (tertiary/aromatic N) is 1. The first-order chi connectivity index (χ1) is 13.3. The number of pyridine rings is 1. The van der Waals surface area contributed by atoms with E-state index in [1.165, 1.54) is 29.0 Å². The number of carboxylic acid groups (broad SMARTS) is 1. The summed E-state index contributed by atoms with van der Waals surface area (Å²) < 4.78 is 6.49. The van der Waals surface area contributed by atoms with Crippen LogP contribution in [0.25, 0.3) is 0 Å². The molecule has 1 atom stereocenters. The van der Waals surface area contributed by atoms with Crippen LogP contribution >= 0.6 is 0 Å². The fourth-order valence-corrected chi connectivity index (χ4v) is 2.42. The van der Waals surface area contributed by atoms with Gasteiger partial charge < -0.3 is 25.4 Å². The Hall–Kier alpha value is -3.62. The lowest BCUT2D eigenvalue weighted by Crippen LogP contribution is -2.45. The van der Waals surface area contributed by atoms with Gasteiger partial charge in [0.1, 0.15) is 6.04 Å². The standard InChI is InChI=1S/C19H20N2O7/c1-2-15(22)13-4-3-7-21(10-13)11-28-19(27)20-14(18(25)26)8-12-5-6-16(23)17(24)9-12/h3-7,9-10,14H,2,8,11H2,1H3,(H3-,20,23,24,25,26,27)/p+1. The Balaban J connectivity index is 1.96. The maximum Gasteiger partial charge on any atom is 0.412 e. The third kappa shape index (κ3) is 5.70. The minimum atomic E-state index is -1.30. The first-order valence-corrected chi connectivity index (χ1v) is 8.49. The minimum Gasteiger partial charge on any atom is -0.504 e. The van der Waals surface area contributed by atoms with Crippen LogP contribution in [0.5, 0.6) is 11.5 Å². The molecule has 2 aromatic rings. The number of alkyl carbamates (subject to hydrolysis) is 1. The molecule has 28 heavy (non-hydrogen) atoms. The van der Waals surface area contributed by atoms with Crippen LogP contribution in [0.3, 0.4) is 0 Å².